The number of hydrogen-bond acceptors (Lipinski definition) is 4. The lowest BCUT2D eigenvalue weighted by molar-refractivity contribution is -0.129. The number of methoxy groups -OCH3 is 1. The molecule has 0 saturated carbocycles. The van der Waals surface area contributed by atoms with Crippen LogP contribution in [-0.2, 0) is 4.79 Å². The van der Waals surface area contributed by atoms with Gasteiger partial charge in [0.15, 0.2) is 6.10 Å². The lowest BCUT2D eigenvalue weighted by atomic mass is 9.97. The van der Waals surface area contributed by atoms with Crippen molar-refractivity contribution in [2.24, 2.45) is 5.92 Å². The highest BCUT2D eigenvalue weighted by atomic mass is 16.5. The molecule has 1 saturated heterocycles. The molecule has 1 aromatic rings. The van der Waals surface area contributed by atoms with Crippen LogP contribution in [0.3, 0.4) is 0 Å². The first-order chi connectivity index (χ1) is 11.0. The summed E-state index contributed by atoms with van der Waals surface area (Å²) in [6.07, 6.45) is 1.13. The summed E-state index contributed by atoms with van der Waals surface area (Å²) in [7, 11) is 1.56. The molecule has 23 heavy (non-hydrogen) atoms. The smallest absolute Gasteiger partial charge is 0.253 e. The molecule has 5 heteroatoms. The maximum atomic E-state index is 12.2. The van der Waals surface area contributed by atoms with Crippen LogP contribution in [-0.4, -0.2) is 48.7 Å². The Bertz CT molecular complexity index is 519. The van der Waals surface area contributed by atoms with Crippen molar-refractivity contribution in [1.82, 2.24) is 10.2 Å². The number of aliphatic hydroxyl groups excluding tert-OH is 1. The monoisotopic (exact) mass is 320 g/mol. The Balaban J connectivity index is 1.86. The Morgan fingerprint density at radius 1 is 1.48 bits per heavy atom. The number of ether oxygens (including phenoxy) is 1. The second kappa shape index (κ2) is 8.31. The summed E-state index contributed by atoms with van der Waals surface area (Å²) in [6, 6.07) is 7.51. The van der Waals surface area contributed by atoms with Gasteiger partial charge >= 0.3 is 0 Å². The van der Waals surface area contributed by atoms with Crippen LogP contribution >= 0.6 is 0 Å². The van der Waals surface area contributed by atoms with Crippen LogP contribution in [0.1, 0.15) is 38.4 Å². The normalized spacial score (nSPS) is 20.3. The van der Waals surface area contributed by atoms with Gasteiger partial charge in [-0.25, -0.2) is 0 Å². The van der Waals surface area contributed by atoms with Crippen LogP contribution in [0.5, 0.6) is 5.75 Å². The number of benzene rings is 1. The predicted octanol–water partition coefficient (Wildman–Crippen LogP) is 1.97. The Morgan fingerprint density at radius 3 is 2.96 bits per heavy atom. The van der Waals surface area contributed by atoms with E-state index >= 15 is 0 Å². The largest absolute Gasteiger partial charge is 0.497 e. The molecule has 128 valence electrons. The first kappa shape index (κ1) is 17.8. The molecule has 0 spiro atoms. The Kier molecular flexibility index (Phi) is 6.42. The van der Waals surface area contributed by atoms with Crippen LogP contribution in [0, 0.1) is 5.92 Å². The van der Waals surface area contributed by atoms with Crippen molar-refractivity contribution in [3.63, 3.8) is 0 Å². The summed E-state index contributed by atoms with van der Waals surface area (Å²) in [5, 5.41) is 13.1. The van der Waals surface area contributed by atoms with Crippen molar-refractivity contribution in [1.29, 1.82) is 0 Å². The van der Waals surface area contributed by atoms with Gasteiger partial charge in [-0.15, -0.1) is 0 Å². The highest BCUT2D eigenvalue weighted by molar-refractivity contribution is 5.82. The molecule has 0 aliphatic carbocycles. The molecule has 0 radical (unpaired) electrons. The number of carbonyl (C=O) groups excluding carboxylic acids is 1. The van der Waals surface area contributed by atoms with Crippen LogP contribution < -0.4 is 10.1 Å². The van der Waals surface area contributed by atoms with E-state index in [1.54, 1.807) is 31.4 Å². The summed E-state index contributed by atoms with van der Waals surface area (Å²) >= 11 is 0. The van der Waals surface area contributed by atoms with Crippen LogP contribution in [0.4, 0.5) is 0 Å². The zero-order chi connectivity index (χ0) is 16.8. The second-order valence-corrected chi connectivity index (χ2v) is 6.52. The van der Waals surface area contributed by atoms with Gasteiger partial charge in [-0.05, 0) is 56.8 Å². The predicted molar refractivity (Wildman–Crippen MR) is 90.4 cm³/mol. The van der Waals surface area contributed by atoms with Crippen molar-refractivity contribution >= 4 is 5.91 Å². The van der Waals surface area contributed by atoms with E-state index in [0.717, 1.165) is 25.9 Å². The van der Waals surface area contributed by atoms with Crippen LogP contribution in [0.25, 0.3) is 0 Å². The molecule has 1 fully saturated rings. The van der Waals surface area contributed by atoms with Gasteiger partial charge in [0, 0.05) is 19.1 Å². The summed E-state index contributed by atoms with van der Waals surface area (Å²) in [4.78, 5) is 14.6. The Morgan fingerprint density at radius 2 is 2.26 bits per heavy atom. The van der Waals surface area contributed by atoms with Crippen molar-refractivity contribution < 1.29 is 14.6 Å². The minimum atomic E-state index is -1.16. The number of carbonyl (C=O) groups is 1. The quantitative estimate of drug-likeness (QED) is 0.841. The van der Waals surface area contributed by atoms with Crippen LogP contribution in [0.2, 0.25) is 0 Å². The number of hydrogen-bond donors (Lipinski definition) is 2. The third-order valence-corrected chi connectivity index (χ3v) is 4.50. The van der Waals surface area contributed by atoms with Gasteiger partial charge in [-0.1, -0.05) is 12.1 Å². The summed E-state index contributed by atoms with van der Waals surface area (Å²) in [5.74, 6) is 0.738. The molecule has 1 aliphatic heterocycles. The molecule has 0 aromatic heterocycles. The zero-order valence-corrected chi connectivity index (χ0v) is 14.3. The summed E-state index contributed by atoms with van der Waals surface area (Å²) in [6.45, 7) is 7.16. The Hall–Kier alpha value is -1.59. The van der Waals surface area contributed by atoms with E-state index in [9.17, 15) is 9.90 Å². The van der Waals surface area contributed by atoms with Crippen molar-refractivity contribution in [3.8, 4) is 5.75 Å². The molecule has 1 amide bonds. The average Bonchev–Trinajstić information content (AvgIpc) is 2.59. The minimum absolute atomic E-state index is 0.347. The van der Waals surface area contributed by atoms with Crippen molar-refractivity contribution in [2.45, 2.75) is 38.8 Å². The van der Waals surface area contributed by atoms with E-state index in [2.05, 4.69) is 24.1 Å². The van der Waals surface area contributed by atoms with E-state index < -0.39 is 6.10 Å². The molecule has 2 rings (SSSR count). The Labute approximate surface area is 138 Å². The molecule has 2 atom stereocenters. The molecule has 1 aliphatic rings. The van der Waals surface area contributed by atoms with Crippen molar-refractivity contribution in [2.75, 3.05) is 26.7 Å². The topological polar surface area (TPSA) is 61.8 Å². The summed E-state index contributed by atoms with van der Waals surface area (Å²) in [5.41, 5.74) is 0.550. The second-order valence-electron chi connectivity index (χ2n) is 6.52. The van der Waals surface area contributed by atoms with E-state index in [0.29, 0.717) is 29.8 Å². The average molecular weight is 320 g/mol. The van der Waals surface area contributed by atoms with Gasteiger partial charge < -0.3 is 20.1 Å². The number of amides is 1. The van der Waals surface area contributed by atoms with Crippen molar-refractivity contribution in [3.05, 3.63) is 29.8 Å². The number of nitrogens with one attached hydrogen (secondary N) is 1. The SMILES string of the molecule is COc1cccc(C(O)C(=O)NCC2CCCN(C(C)C)C2)c1. The van der Waals surface area contributed by atoms with Crippen LogP contribution in [0.15, 0.2) is 24.3 Å². The van der Waals surface area contributed by atoms with Gasteiger partial charge in [-0.2, -0.15) is 0 Å². The van der Waals surface area contributed by atoms with E-state index in [1.807, 2.05) is 0 Å². The maximum absolute atomic E-state index is 12.2. The molecular formula is C18H28N2O3. The summed E-state index contributed by atoms with van der Waals surface area (Å²) < 4.78 is 5.13. The molecule has 2 N–H and O–H groups in total. The van der Waals surface area contributed by atoms with Gasteiger partial charge in [0.2, 0.25) is 0 Å². The van der Waals surface area contributed by atoms with E-state index in [1.165, 1.54) is 0 Å². The molecular weight excluding hydrogens is 292 g/mol. The van der Waals surface area contributed by atoms with Gasteiger partial charge in [0.1, 0.15) is 5.75 Å². The fraction of sp³-hybridized carbons (Fsp3) is 0.611. The molecule has 2 unspecified atom stereocenters. The highest BCUT2D eigenvalue weighted by Gasteiger charge is 2.23. The number of nitrogens with zero attached hydrogens (tertiary/aromatic N) is 1. The third kappa shape index (κ3) is 4.94. The number of likely N-dealkylation sites (tertiary alicyclic amines) is 1. The van der Waals surface area contributed by atoms with Gasteiger partial charge in [0.25, 0.3) is 5.91 Å². The minimum Gasteiger partial charge on any atom is -0.497 e. The zero-order valence-electron chi connectivity index (χ0n) is 14.3. The lowest BCUT2D eigenvalue weighted by Gasteiger charge is -2.35. The third-order valence-electron chi connectivity index (χ3n) is 4.50. The van der Waals surface area contributed by atoms with E-state index in [4.69, 9.17) is 4.74 Å². The maximum Gasteiger partial charge on any atom is 0.253 e. The first-order valence-corrected chi connectivity index (χ1v) is 8.35. The lowest BCUT2D eigenvalue weighted by Crippen LogP contribution is -2.44. The fourth-order valence-electron chi connectivity index (χ4n) is 3.04. The molecule has 5 nitrogen and oxygen atoms in total. The highest BCUT2D eigenvalue weighted by Crippen LogP contribution is 2.20. The first-order valence-electron chi connectivity index (χ1n) is 8.35. The molecule has 1 heterocycles. The van der Waals surface area contributed by atoms with Gasteiger partial charge in [-0.3, -0.25) is 4.79 Å². The number of aliphatic hydroxyl groups is 1. The molecule has 1 aromatic carbocycles. The standard InChI is InChI=1S/C18H28N2O3/c1-13(2)20-9-5-6-14(12-20)11-19-18(22)17(21)15-7-4-8-16(10-15)23-3/h4,7-8,10,13-14,17,21H,5-6,9,11-12H2,1-3H3,(H,19,22). The van der Waals surface area contributed by atoms with E-state index in [-0.39, 0.29) is 5.91 Å². The fourth-order valence-corrected chi connectivity index (χ4v) is 3.04. The number of piperidine rings is 1. The van der Waals surface area contributed by atoms with Gasteiger partial charge in [0.05, 0.1) is 7.11 Å². The number of rotatable bonds is 6. The molecule has 0 bridgehead atoms.